The third-order valence-electron chi connectivity index (χ3n) is 2.73. The molecule has 0 bridgehead atoms. The van der Waals surface area contributed by atoms with Crippen molar-refractivity contribution >= 4 is 17.4 Å². The molecule has 0 aliphatic carbocycles. The molecular weight excluding hydrogens is 242 g/mol. The van der Waals surface area contributed by atoms with E-state index in [1.54, 1.807) is 18.1 Å². The van der Waals surface area contributed by atoms with E-state index in [-0.39, 0.29) is 0 Å². The molecule has 0 amide bonds. The van der Waals surface area contributed by atoms with Crippen LogP contribution >= 0.6 is 11.8 Å². The van der Waals surface area contributed by atoms with Gasteiger partial charge in [-0.2, -0.15) is 5.10 Å². The van der Waals surface area contributed by atoms with Gasteiger partial charge < -0.3 is 0 Å². The SMILES string of the molecule is Cc1ccc(Sc2cc(C)cc3ncnn23)cc1. The van der Waals surface area contributed by atoms with Crippen molar-refractivity contribution in [1.29, 1.82) is 0 Å². The van der Waals surface area contributed by atoms with Crippen LogP contribution in [0.3, 0.4) is 0 Å². The van der Waals surface area contributed by atoms with Gasteiger partial charge in [-0.05, 0) is 43.7 Å². The Morgan fingerprint density at radius 3 is 2.56 bits per heavy atom. The van der Waals surface area contributed by atoms with Crippen LogP contribution in [0.5, 0.6) is 0 Å². The molecule has 2 aromatic heterocycles. The lowest BCUT2D eigenvalue weighted by Gasteiger charge is -2.05. The summed E-state index contributed by atoms with van der Waals surface area (Å²) in [6.45, 7) is 4.17. The van der Waals surface area contributed by atoms with Crippen LogP contribution in [0.4, 0.5) is 0 Å². The Hall–Kier alpha value is -1.81. The van der Waals surface area contributed by atoms with Crippen molar-refractivity contribution in [2.24, 2.45) is 0 Å². The molecule has 1 aromatic carbocycles. The van der Waals surface area contributed by atoms with Crippen LogP contribution in [0.15, 0.2) is 52.6 Å². The number of aromatic nitrogens is 3. The molecule has 4 heteroatoms. The molecule has 0 spiro atoms. The highest BCUT2D eigenvalue weighted by Crippen LogP contribution is 2.28. The predicted molar refractivity (Wildman–Crippen MR) is 73.0 cm³/mol. The average molecular weight is 255 g/mol. The van der Waals surface area contributed by atoms with E-state index in [1.807, 2.05) is 10.6 Å². The van der Waals surface area contributed by atoms with Crippen LogP contribution in [-0.2, 0) is 0 Å². The van der Waals surface area contributed by atoms with Crippen molar-refractivity contribution in [2.45, 2.75) is 23.8 Å². The topological polar surface area (TPSA) is 30.2 Å². The molecular formula is C14H13N3S. The van der Waals surface area contributed by atoms with Gasteiger partial charge in [0.25, 0.3) is 0 Å². The summed E-state index contributed by atoms with van der Waals surface area (Å²) >= 11 is 1.71. The standard InChI is InChI=1S/C14H13N3S/c1-10-3-5-12(6-4-10)18-14-8-11(2)7-13-15-9-16-17(13)14/h3-9H,1-2H3. The quantitative estimate of drug-likeness (QED) is 0.702. The number of benzene rings is 1. The molecule has 3 rings (SSSR count). The molecule has 0 aliphatic rings. The zero-order valence-electron chi connectivity index (χ0n) is 10.3. The van der Waals surface area contributed by atoms with Crippen molar-refractivity contribution in [3.63, 3.8) is 0 Å². The molecule has 18 heavy (non-hydrogen) atoms. The Balaban J connectivity index is 2.03. The Morgan fingerprint density at radius 2 is 1.78 bits per heavy atom. The molecule has 0 radical (unpaired) electrons. The van der Waals surface area contributed by atoms with Gasteiger partial charge in [0.05, 0.1) is 0 Å². The summed E-state index contributed by atoms with van der Waals surface area (Å²) in [6, 6.07) is 12.7. The van der Waals surface area contributed by atoms with Crippen molar-refractivity contribution < 1.29 is 0 Å². The van der Waals surface area contributed by atoms with E-state index in [9.17, 15) is 0 Å². The highest BCUT2D eigenvalue weighted by molar-refractivity contribution is 7.99. The number of hydrogen-bond donors (Lipinski definition) is 0. The highest BCUT2D eigenvalue weighted by Gasteiger charge is 2.05. The number of hydrogen-bond acceptors (Lipinski definition) is 3. The van der Waals surface area contributed by atoms with Gasteiger partial charge in [-0.1, -0.05) is 29.5 Å². The molecule has 90 valence electrons. The molecule has 0 unspecified atom stereocenters. The maximum atomic E-state index is 4.26. The summed E-state index contributed by atoms with van der Waals surface area (Å²) in [5.41, 5.74) is 3.37. The summed E-state index contributed by atoms with van der Waals surface area (Å²) in [7, 11) is 0. The molecule has 3 aromatic rings. The van der Waals surface area contributed by atoms with Gasteiger partial charge in [0.1, 0.15) is 11.4 Å². The molecule has 0 saturated heterocycles. The van der Waals surface area contributed by atoms with Gasteiger partial charge in [0.15, 0.2) is 5.65 Å². The fourth-order valence-electron chi connectivity index (χ4n) is 1.82. The fourth-order valence-corrected chi connectivity index (χ4v) is 2.81. The van der Waals surface area contributed by atoms with E-state index in [0.717, 1.165) is 10.7 Å². The molecule has 0 aliphatic heterocycles. The van der Waals surface area contributed by atoms with Crippen LogP contribution < -0.4 is 0 Å². The minimum atomic E-state index is 0.893. The van der Waals surface area contributed by atoms with Crippen LogP contribution in [0.25, 0.3) is 5.65 Å². The van der Waals surface area contributed by atoms with Gasteiger partial charge in [-0.25, -0.2) is 9.50 Å². The Labute approximate surface area is 110 Å². The number of nitrogens with zero attached hydrogens (tertiary/aromatic N) is 3. The zero-order valence-corrected chi connectivity index (χ0v) is 11.1. The zero-order chi connectivity index (χ0) is 12.5. The van der Waals surface area contributed by atoms with E-state index < -0.39 is 0 Å². The smallest absolute Gasteiger partial charge is 0.156 e. The van der Waals surface area contributed by atoms with Crippen molar-refractivity contribution in [3.05, 3.63) is 53.9 Å². The first-order valence-electron chi connectivity index (χ1n) is 5.77. The Morgan fingerprint density at radius 1 is 1.00 bits per heavy atom. The second kappa shape index (κ2) is 4.46. The van der Waals surface area contributed by atoms with E-state index >= 15 is 0 Å². The van der Waals surface area contributed by atoms with Crippen LogP contribution in [0.2, 0.25) is 0 Å². The molecule has 0 saturated carbocycles. The Kier molecular flexibility index (Phi) is 2.80. The number of rotatable bonds is 2. The van der Waals surface area contributed by atoms with Gasteiger partial charge >= 0.3 is 0 Å². The maximum absolute atomic E-state index is 4.26. The molecule has 0 atom stereocenters. The first kappa shape index (κ1) is 11.3. The minimum Gasteiger partial charge on any atom is -0.215 e. The monoisotopic (exact) mass is 255 g/mol. The lowest BCUT2D eigenvalue weighted by Crippen LogP contribution is -1.93. The second-order valence-electron chi connectivity index (χ2n) is 4.32. The Bertz CT molecular complexity index is 686. The first-order valence-corrected chi connectivity index (χ1v) is 6.59. The van der Waals surface area contributed by atoms with Gasteiger partial charge in [-0.3, -0.25) is 0 Å². The average Bonchev–Trinajstić information content (AvgIpc) is 2.80. The van der Waals surface area contributed by atoms with Gasteiger partial charge in [0, 0.05) is 4.90 Å². The highest BCUT2D eigenvalue weighted by atomic mass is 32.2. The van der Waals surface area contributed by atoms with Crippen molar-refractivity contribution in [2.75, 3.05) is 0 Å². The van der Waals surface area contributed by atoms with E-state index in [1.165, 1.54) is 16.0 Å². The maximum Gasteiger partial charge on any atom is 0.156 e. The minimum absolute atomic E-state index is 0.893. The van der Waals surface area contributed by atoms with Gasteiger partial charge in [0.2, 0.25) is 0 Å². The fraction of sp³-hybridized carbons (Fsp3) is 0.143. The predicted octanol–water partition coefficient (Wildman–Crippen LogP) is 3.50. The number of pyridine rings is 1. The number of fused-ring (bicyclic) bond motifs is 1. The van der Waals surface area contributed by atoms with E-state index in [4.69, 9.17) is 0 Å². The van der Waals surface area contributed by atoms with Crippen LogP contribution in [-0.4, -0.2) is 14.6 Å². The summed E-state index contributed by atoms with van der Waals surface area (Å²) in [5.74, 6) is 0. The lowest BCUT2D eigenvalue weighted by molar-refractivity contribution is 0.858. The largest absolute Gasteiger partial charge is 0.215 e. The van der Waals surface area contributed by atoms with Gasteiger partial charge in [-0.15, -0.1) is 0 Å². The van der Waals surface area contributed by atoms with Crippen LogP contribution in [0.1, 0.15) is 11.1 Å². The first-order chi connectivity index (χ1) is 8.72. The van der Waals surface area contributed by atoms with E-state index in [0.29, 0.717) is 0 Å². The third-order valence-corrected chi connectivity index (χ3v) is 3.74. The third kappa shape index (κ3) is 2.11. The lowest BCUT2D eigenvalue weighted by atomic mass is 10.2. The summed E-state index contributed by atoms with van der Waals surface area (Å²) < 4.78 is 1.87. The van der Waals surface area contributed by atoms with E-state index in [2.05, 4.69) is 54.3 Å². The molecule has 3 nitrogen and oxygen atoms in total. The number of aryl methyl sites for hydroxylation is 2. The molecule has 0 fully saturated rings. The summed E-state index contributed by atoms with van der Waals surface area (Å²) in [5, 5.41) is 5.35. The second-order valence-corrected chi connectivity index (χ2v) is 5.41. The molecule has 2 heterocycles. The summed E-state index contributed by atoms with van der Waals surface area (Å²) in [6.07, 6.45) is 1.59. The molecule has 0 N–H and O–H groups in total. The van der Waals surface area contributed by atoms with Crippen molar-refractivity contribution in [1.82, 2.24) is 14.6 Å². The normalized spacial score (nSPS) is 11.0. The van der Waals surface area contributed by atoms with Crippen molar-refractivity contribution in [3.8, 4) is 0 Å². The summed E-state index contributed by atoms with van der Waals surface area (Å²) in [4.78, 5) is 5.45. The van der Waals surface area contributed by atoms with Crippen LogP contribution in [0, 0.1) is 13.8 Å².